The zero-order valence-corrected chi connectivity index (χ0v) is 14.2. The van der Waals surface area contributed by atoms with Crippen molar-refractivity contribution in [1.29, 1.82) is 0 Å². The Morgan fingerprint density at radius 3 is 2.65 bits per heavy atom. The number of carbonyl (C=O) groups is 1. The highest BCUT2D eigenvalue weighted by Gasteiger charge is 2.40. The maximum atomic E-state index is 12.7. The van der Waals surface area contributed by atoms with Gasteiger partial charge in [0.15, 0.2) is 5.78 Å². The summed E-state index contributed by atoms with van der Waals surface area (Å²) in [5, 5.41) is 10.3. The van der Waals surface area contributed by atoms with Gasteiger partial charge < -0.3 is 5.11 Å². The first-order valence-electron chi connectivity index (χ1n) is 6.43. The molecule has 0 atom stereocenters. The fourth-order valence-electron chi connectivity index (χ4n) is 2.30. The van der Waals surface area contributed by atoms with E-state index >= 15 is 0 Å². The van der Waals surface area contributed by atoms with Gasteiger partial charge in [-0.3, -0.25) is 4.79 Å². The minimum Gasteiger partial charge on any atom is -0.506 e. The van der Waals surface area contributed by atoms with E-state index in [1.165, 1.54) is 11.8 Å². The molecule has 0 fully saturated rings. The summed E-state index contributed by atoms with van der Waals surface area (Å²) in [6.45, 7) is 9.63. The van der Waals surface area contributed by atoms with Crippen molar-refractivity contribution in [2.45, 2.75) is 31.9 Å². The molecule has 2 nitrogen and oxygen atoms in total. The van der Waals surface area contributed by atoms with Crippen LogP contribution in [0.5, 0.6) is 0 Å². The first-order valence-corrected chi connectivity index (χ1v) is 8.04. The Kier molecular flexibility index (Phi) is 4.17. The van der Waals surface area contributed by atoms with Crippen LogP contribution in [0.2, 0.25) is 0 Å². The molecule has 1 N–H and O–H groups in total. The van der Waals surface area contributed by atoms with Crippen LogP contribution < -0.4 is 0 Å². The van der Waals surface area contributed by atoms with Gasteiger partial charge >= 0.3 is 0 Å². The van der Waals surface area contributed by atoms with E-state index in [0.717, 1.165) is 22.0 Å². The first kappa shape index (κ1) is 15.4. The fraction of sp³-hybridized carbons (Fsp3) is 0.312. The van der Waals surface area contributed by atoms with Gasteiger partial charge in [0.05, 0.1) is 10.3 Å². The molecule has 1 aromatic carbocycles. The van der Waals surface area contributed by atoms with Gasteiger partial charge in [-0.05, 0) is 43.5 Å². The number of hydrogen-bond donors (Lipinski definition) is 1. The topological polar surface area (TPSA) is 37.3 Å². The van der Waals surface area contributed by atoms with Gasteiger partial charge in [0, 0.05) is 9.38 Å². The second-order valence-corrected chi connectivity index (χ2v) is 7.88. The largest absolute Gasteiger partial charge is 0.506 e. The molecule has 0 saturated carbocycles. The van der Waals surface area contributed by atoms with Gasteiger partial charge in [-0.2, -0.15) is 0 Å². The van der Waals surface area contributed by atoms with Crippen molar-refractivity contribution >= 4 is 39.0 Å². The average molecular weight is 353 g/mol. The van der Waals surface area contributed by atoms with E-state index in [9.17, 15) is 9.90 Å². The molecule has 106 valence electrons. The van der Waals surface area contributed by atoms with Crippen molar-refractivity contribution in [1.82, 2.24) is 0 Å². The first-order chi connectivity index (χ1) is 9.27. The monoisotopic (exact) mass is 352 g/mol. The third-order valence-electron chi connectivity index (χ3n) is 3.37. The molecule has 1 aliphatic heterocycles. The van der Waals surface area contributed by atoms with Gasteiger partial charge in [-0.25, -0.2) is 0 Å². The summed E-state index contributed by atoms with van der Waals surface area (Å²) in [6, 6.07) is 5.76. The molecular formula is C16H17BrO2S. The third-order valence-corrected chi connectivity index (χ3v) is 5.00. The average Bonchev–Trinajstić information content (AvgIpc) is 2.38. The van der Waals surface area contributed by atoms with E-state index in [1.807, 2.05) is 39.0 Å². The van der Waals surface area contributed by atoms with Crippen molar-refractivity contribution in [3.63, 3.8) is 0 Å². The smallest absolute Gasteiger partial charge is 0.183 e. The number of carbonyl (C=O) groups excluding carboxylic acids is 1. The summed E-state index contributed by atoms with van der Waals surface area (Å²) in [4.78, 5) is 13.2. The standard InChI is InChI=1S/C16H17BrO2S/c1-5-10-8-11(17)6-7-12(10)13-14(18)9(2)20-16(3,4)15(13)19/h6-8,18H,2,5H2,1,3-4H3. The number of allylic oxidation sites excluding steroid dienone is 1. The molecule has 0 spiro atoms. The van der Waals surface area contributed by atoms with E-state index in [1.54, 1.807) is 0 Å². The van der Waals surface area contributed by atoms with Crippen LogP contribution in [0.25, 0.3) is 5.57 Å². The van der Waals surface area contributed by atoms with Gasteiger partial charge in [-0.1, -0.05) is 35.5 Å². The van der Waals surface area contributed by atoms with Gasteiger partial charge in [0.1, 0.15) is 5.76 Å². The van der Waals surface area contributed by atoms with Crippen molar-refractivity contribution in [2.75, 3.05) is 0 Å². The Morgan fingerprint density at radius 1 is 1.40 bits per heavy atom. The molecule has 0 radical (unpaired) electrons. The highest BCUT2D eigenvalue weighted by molar-refractivity contribution is 9.10. The van der Waals surface area contributed by atoms with Crippen LogP contribution in [-0.2, 0) is 11.2 Å². The van der Waals surface area contributed by atoms with Crippen LogP contribution in [0, 0.1) is 0 Å². The Hall–Kier alpha value is -1.00. The number of aliphatic hydroxyl groups excluding tert-OH is 1. The number of aliphatic hydroxyl groups is 1. The predicted molar refractivity (Wildman–Crippen MR) is 88.9 cm³/mol. The van der Waals surface area contributed by atoms with Crippen LogP contribution in [0.4, 0.5) is 0 Å². The zero-order chi connectivity index (χ0) is 15.1. The maximum Gasteiger partial charge on any atom is 0.183 e. The number of rotatable bonds is 2. The highest BCUT2D eigenvalue weighted by atomic mass is 79.9. The van der Waals surface area contributed by atoms with E-state index in [4.69, 9.17) is 0 Å². The summed E-state index contributed by atoms with van der Waals surface area (Å²) in [7, 11) is 0. The number of halogens is 1. The highest BCUT2D eigenvalue weighted by Crippen LogP contribution is 2.45. The van der Waals surface area contributed by atoms with Crippen LogP contribution >= 0.6 is 27.7 Å². The molecule has 4 heteroatoms. The van der Waals surface area contributed by atoms with Gasteiger partial charge in [-0.15, -0.1) is 11.8 Å². The molecule has 0 saturated heterocycles. The van der Waals surface area contributed by atoms with Crippen LogP contribution in [0.15, 0.2) is 39.9 Å². The molecule has 1 aliphatic rings. The lowest BCUT2D eigenvalue weighted by Gasteiger charge is -2.31. The fourth-order valence-corrected chi connectivity index (χ4v) is 3.72. The molecule has 0 bridgehead atoms. The van der Waals surface area contributed by atoms with E-state index in [2.05, 4.69) is 22.5 Å². The maximum absolute atomic E-state index is 12.7. The summed E-state index contributed by atoms with van der Waals surface area (Å²) in [5.41, 5.74) is 2.22. The minimum absolute atomic E-state index is 0.0105. The summed E-state index contributed by atoms with van der Waals surface area (Å²) in [5.74, 6) is -0.0410. The SMILES string of the molecule is C=C1SC(C)(C)C(=O)C(c2ccc(Br)cc2CC)=C1O. The number of hydrogen-bond acceptors (Lipinski definition) is 3. The lowest BCUT2D eigenvalue weighted by Crippen LogP contribution is -2.33. The Bertz CT molecular complexity index is 629. The molecule has 1 aromatic rings. The number of benzene rings is 1. The Labute approximate surface area is 132 Å². The van der Waals surface area contributed by atoms with E-state index < -0.39 is 4.75 Å². The second-order valence-electron chi connectivity index (χ2n) is 5.24. The Balaban J connectivity index is 2.69. The molecular weight excluding hydrogens is 336 g/mol. The summed E-state index contributed by atoms with van der Waals surface area (Å²) >= 11 is 4.75. The quantitative estimate of drug-likeness (QED) is 0.823. The second kappa shape index (κ2) is 5.41. The summed E-state index contributed by atoms with van der Waals surface area (Å²) in [6.07, 6.45) is 0.791. The molecule has 2 rings (SSSR count). The number of aryl methyl sites for hydroxylation is 1. The van der Waals surface area contributed by atoms with Crippen LogP contribution in [-0.4, -0.2) is 15.6 Å². The predicted octanol–water partition coefficient (Wildman–Crippen LogP) is 4.89. The van der Waals surface area contributed by atoms with Crippen molar-refractivity contribution < 1.29 is 9.90 Å². The number of thioether (sulfide) groups is 1. The molecule has 0 aromatic heterocycles. The van der Waals surface area contributed by atoms with Crippen LogP contribution in [0.1, 0.15) is 31.9 Å². The van der Waals surface area contributed by atoms with Crippen molar-refractivity contribution in [3.8, 4) is 0 Å². The van der Waals surface area contributed by atoms with Gasteiger partial charge in [0.2, 0.25) is 0 Å². The van der Waals surface area contributed by atoms with Crippen molar-refractivity contribution in [2.24, 2.45) is 0 Å². The number of Topliss-reactive ketones (excluding diaryl/α,β-unsaturated/α-hetero) is 1. The van der Waals surface area contributed by atoms with E-state index in [-0.39, 0.29) is 11.5 Å². The molecule has 0 aliphatic carbocycles. The molecule has 1 heterocycles. The summed E-state index contributed by atoms with van der Waals surface area (Å²) < 4.78 is 0.366. The van der Waals surface area contributed by atoms with Crippen LogP contribution in [0.3, 0.4) is 0 Å². The lowest BCUT2D eigenvalue weighted by molar-refractivity contribution is -0.115. The third kappa shape index (κ3) is 2.59. The number of ketones is 1. The molecule has 0 unspecified atom stereocenters. The lowest BCUT2D eigenvalue weighted by atomic mass is 9.89. The molecule has 0 amide bonds. The zero-order valence-electron chi connectivity index (χ0n) is 11.8. The molecule has 20 heavy (non-hydrogen) atoms. The minimum atomic E-state index is -0.600. The van der Waals surface area contributed by atoms with Gasteiger partial charge in [0.25, 0.3) is 0 Å². The normalized spacial score (nSPS) is 18.6. The van der Waals surface area contributed by atoms with Crippen molar-refractivity contribution in [3.05, 3.63) is 51.0 Å². The Morgan fingerprint density at radius 2 is 2.05 bits per heavy atom. The van der Waals surface area contributed by atoms with E-state index in [0.29, 0.717) is 10.5 Å².